The van der Waals surface area contributed by atoms with Crippen molar-refractivity contribution in [2.24, 2.45) is 0 Å². The lowest BCUT2D eigenvalue weighted by Gasteiger charge is -2.43. The second-order valence-corrected chi connectivity index (χ2v) is 8.02. The molecule has 0 aliphatic carbocycles. The molecule has 3 aromatic rings. The van der Waals surface area contributed by atoms with E-state index in [-0.39, 0.29) is 17.4 Å². The topological polar surface area (TPSA) is 62.4 Å². The quantitative estimate of drug-likeness (QED) is 0.519. The van der Waals surface area contributed by atoms with Crippen LogP contribution in [0.25, 0.3) is 11.1 Å². The van der Waals surface area contributed by atoms with Crippen LogP contribution in [0.5, 0.6) is 0 Å². The number of nitrogens with zero attached hydrogens (tertiary/aromatic N) is 1. The number of hydrogen-bond acceptors (Lipinski definition) is 3. The maximum Gasteiger partial charge on any atom is 0.411 e. The largest absolute Gasteiger partial charge is 0.437 e. The van der Waals surface area contributed by atoms with E-state index in [1.165, 1.54) is 12.1 Å². The number of hydrogen-bond donors (Lipinski definition) is 1. The average molecular weight is 432 g/mol. The first-order valence-electron chi connectivity index (χ1n) is 10.6. The van der Waals surface area contributed by atoms with Crippen molar-refractivity contribution < 1.29 is 13.9 Å². The molecule has 5 nitrogen and oxygen atoms in total. The third-order valence-electron chi connectivity index (χ3n) is 6.11. The van der Waals surface area contributed by atoms with Crippen LogP contribution in [0.2, 0.25) is 0 Å². The van der Waals surface area contributed by atoms with Gasteiger partial charge in [-0.2, -0.15) is 0 Å². The van der Waals surface area contributed by atoms with Gasteiger partial charge in [-0.25, -0.2) is 9.18 Å². The van der Waals surface area contributed by atoms with Gasteiger partial charge in [0.15, 0.2) is 0 Å². The summed E-state index contributed by atoms with van der Waals surface area (Å²) in [5.41, 5.74) is 2.11. The molecule has 1 saturated heterocycles. The Morgan fingerprint density at radius 1 is 1.16 bits per heavy atom. The van der Waals surface area contributed by atoms with Gasteiger partial charge in [-0.1, -0.05) is 42.5 Å². The van der Waals surface area contributed by atoms with Gasteiger partial charge in [0.05, 0.1) is 6.04 Å². The van der Waals surface area contributed by atoms with Gasteiger partial charge >= 0.3 is 6.09 Å². The number of carbonyl (C=O) groups excluding carboxylic acids is 1. The van der Waals surface area contributed by atoms with Crippen molar-refractivity contribution in [3.8, 4) is 11.1 Å². The maximum atomic E-state index is 13.4. The van der Waals surface area contributed by atoms with Crippen LogP contribution in [0.15, 0.2) is 84.3 Å². The molecule has 0 bridgehead atoms. The van der Waals surface area contributed by atoms with Crippen LogP contribution in [0.1, 0.15) is 36.9 Å². The van der Waals surface area contributed by atoms with E-state index in [0.29, 0.717) is 24.9 Å². The first kappa shape index (κ1) is 21.6. The number of ether oxygens (including phenoxy) is 1. The van der Waals surface area contributed by atoms with Crippen molar-refractivity contribution in [1.82, 2.24) is 9.88 Å². The molecular weight excluding hydrogens is 407 g/mol. The van der Waals surface area contributed by atoms with E-state index in [4.69, 9.17) is 4.74 Å². The predicted octanol–water partition coefficient (Wildman–Crippen LogP) is 5.56. The third kappa shape index (κ3) is 4.08. The molecule has 164 valence electrons. The van der Waals surface area contributed by atoms with Crippen LogP contribution >= 0.6 is 0 Å². The van der Waals surface area contributed by atoms with Gasteiger partial charge < -0.3 is 14.6 Å². The van der Waals surface area contributed by atoms with Crippen molar-refractivity contribution in [2.45, 2.75) is 31.4 Å². The molecule has 6 heteroatoms. The fraction of sp³-hybridized carbons (Fsp3) is 0.231. The summed E-state index contributed by atoms with van der Waals surface area (Å²) in [5.74, 6) is -0.333. The molecule has 1 fully saturated rings. The van der Waals surface area contributed by atoms with Gasteiger partial charge in [0, 0.05) is 31.1 Å². The molecule has 32 heavy (non-hydrogen) atoms. The summed E-state index contributed by atoms with van der Waals surface area (Å²) in [5, 5.41) is 0. The number of amides is 1. The Balaban J connectivity index is 1.53. The Kier molecular flexibility index (Phi) is 5.95. The van der Waals surface area contributed by atoms with Crippen molar-refractivity contribution >= 4 is 6.09 Å². The standard InChI is InChI=1S/C26H25FN2O3/c1-3-14-26(21-10-12-22(27)13-11-21)15-17-29(25(31)32-26)18(2)19-6-8-20(9-7-19)23-5-4-16-28-24(23)30/h3-13,16,18H,1,14-15,17H2,2H3,(H,28,30). The van der Waals surface area contributed by atoms with E-state index in [9.17, 15) is 14.0 Å². The first-order chi connectivity index (χ1) is 15.4. The Hall–Kier alpha value is -3.67. The molecule has 4 rings (SSSR count). The van der Waals surface area contributed by atoms with Gasteiger partial charge in [0.1, 0.15) is 11.4 Å². The van der Waals surface area contributed by atoms with Crippen molar-refractivity contribution in [2.75, 3.05) is 6.54 Å². The number of benzene rings is 2. The Morgan fingerprint density at radius 2 is 1.88 bits per heavy atom. The van der Waals surface area contributed by atoms with E-state index in [0.717, 1.165) is 16.7 Å². The minimum absolute atomic E-state index is 0.146. The molecule has 0 radical (unpaired) electrons. The summed E-state index contributed by atoms with van der Waals surface area (Å²) >= 11 is 0. The molecule has 2 unspecified atom stereocenters. The normalized spacial score (nSPS) is 19.3. The first-order valence-corrected chi connectivity index (χ1v) is 10.6. The van der Waals surface area contributed by atoms with E-state index < -0.39 is 11.7 Å². The summed E-state index contributed by atoms with van der Waals surface area (Å²) < 4.78 is 19.4. The molecule has 2 heterocycles. The summed E-state index contributed by atoms with van der Waals surface area (Å²) in [6.45, 7) is 6.25. The predicted molar refractivity (Wildman–Crippen MR) is 122 cm³/mol. The van der Waals surface area contributed by atoms with Crippen LogP contribution in [-0.4, -0.2) is 22.5 Å². The van der Waals surface area contributed by atoms with Gasteiger partial charge in [-0.3, -0.25) is 4.79 Å². The smallest absolute Gasteiger partial charge is 0.411 e. The average Bonchev–Trinajstić information content (AvgIpc) is 2.80. The lowest BCUT2D eigenvalue weighted by molar-refractivity contribution is -0.0588. The number of cyclic esters (lactones) is 1. The fourth-order valence-electron chi connectivity index (χ4n) is 4.24. The monoisotopic (exact) mass is 432 g/mol. The Bertz CT molecular complexity index is 1170. The van der Waals surface area contributed by atoms with Crippen LogP contribution < -0.4 is 5.56 Å². The molecular formula is C26H25FN2O3. The lowest BCUT2D eigenvalue weighted by Crippen LogP contribution is -2.48. The van der Waals surface area contributed by atoms with Crippen LogP contribution in [0.4, 0.5) is 9.18 Å². The molecule has 1 amide bonds. The van der Waals surface area contributed by atoms with E-state index in [2.05, 4.69) is 11.6 Å². The second kappa shape index (κ2) is 8.83. The summed E-state index contributed by atoms with van der Waals surface area (Å²) in [7, 11) is 0. The van der Waals surface area contributed by atoms with E-state index in [1.54, 1.807) is 41.4 Å². The van der Waals surface area contributed by atoms with Gasteiger partial charge in [0.2, 0.25) is 0 Å². The minimum atomic E-state index is -0.846. The molecule has 1 aliphatic heterocycles. The molecule has 2 atom stereocenters. The van der Waals surface area contributed by atoms with Crippen LogP contribution in [0.3, 0.4) is 0 Å². The zero-order valence-corrected chi connectivity index (χ0v) is 17.9. The zero-order chi connectivity index (χ0) is 22.7. The highest BCUT2D eigenvalue weighted by molar-refractivity contribution is 5.70. The highest BCUT2D eigenvalue weighted by Crippen LogP contribution is 2.40. The summed E-state index contributed by atoms with van der Waals surface area (Å²) in [4.78, 5) is 29.4. The fourth-order valence-corrected chi connectivity index (χ4v) is 4.24. The highest BCUT2D eigenvalue weighted by atomic mass is 19.1. The maximum absolute atomic E-state index is 13.4. The SMILES string of the molecule is C=CCC1(c2ccc(F)cc2)CCN(C(C)c2ccc(-c3ccc[nH]c3=O)cc2)C(=O)O1. The van der Waals surface area contributed by atoms with Crippen molar-refractivity contribution in [1.29, 1.82) is 0 Å². The third-order valence-corrected chi connectivity index (χ3v) is 6.11. The van der Waals surface area contributed by atoms with E-state index >= 15 is 0 Å². The second-order valence-electron chi connectivity index (χ2n) is 8.02. The Morgan fingerprint density at radius 3 is 2.50 bits per heavy atom. The van der Waals surface area contributed by atoms with Gasteiger partial charge in [-0.15, -0.1) is 6.58 Å². The molecule has 2 aromatic carbocycles. The number of carbonyl (C=O) groups is 1. The van der Waals surface area contributed by atoms with E-state index in [1.807, 2.05) is 31.2 Å². The summed E-state index contributed by atoms with van der Waals surface area (Å²) in [6.07, 6.45) is 3.92. The Labute approximate surface area is 186 Å². The number of rotatable bonds is 6. The molecule has 0 spiro atoms. The summed E-state index contributed by atoms with van der Waals surface area (Å²) in [6, 6.07) is 17.0. The number of aromatic nitrogens is 1. The lowest BCUT2D eigenvalue weighted by atomic mass is 9.85. The highest BCUT2D eigenvalue weighted by Gasteiger charge is 2.42. The number of pyridine rings is 1. The minimum Gasteiger partial charge on any atom is -0.437 e. The van der Waals surface area contributed by atoms with Gasteiger partial charge in [0.25, 0.3) is 5.56 Å². The molecule has 1 aromatic heterocycles. The molecule has 1 N–H and O–H groups in total. The molecule has 0 saturated carbocycles. The number of H-pyrrole nitrogens is 1. The van der Waals surface area contributed by atoms with Gasteiger partial charge in [-0.05, 0) is 47.9 Å². The zero-order valence-electron chi connectivity index (χ0n) is 17.9. The molecule has 1 aliphatic rings. The number of halogens is 1. The van der Waals surface area contributed by atoms with Crippen LogP contribution in [0, 0.1) is 5.82 Å². The van der Waals surface area contributed by atoms with Crippen molar-refractivity contribution in [3.63, 3.8) is 0 Å². The number of nitrogens with one attached hydrogen (secondary N) is 1. The number of aromatic amines is 1. The van der Waals surface area contributed by atoms with Crippen molar-refractivity contribution in [3.05, 3.63) is 107 Å². The van der Waals surface area contributed by atoms with Crippen LogP contribution in [-0.2, 0) is 10.3 Å².